The van der Waals surface area contributed by atoms with E-state index in [0.717, 1.165) is 4.47 Å². The summed E-state index contributed by atoms with van der Waals surface area (Å²) in [5.41, 5.74) is 0.817. The molecular weight excluding hydrogens is 358 g/mol. The van der Waals surface area contributed by atoms with Gasteiger partial charge in [-0.3, -0.25) is 9.59 Å². The van der Waals surface area contributed by atoms with Crippen molar-refractivity contribution in [1.29, 1.82) is 0 Å². The number of carbonyl (C=O) groups excluding carboxylic acids is 2. The molecular formula is C15H11BrClNO3. The van der Waals surface area contributed by atoms with Gasteiger partial charge in [0.1, 0.15) is 0 Å². The first kappa shape index (κ1) is 15.5. The van der Waals surface area contributed by atoms with E-state index in [2.05, 4.69) is 21.2 Å². The number of anilines is 1. The molecule has 1 amide bonds. The van der Waals surface area contributed by atoms with E-state index in [1.54, 1.807) is 42.5 Å². The Morgan fingerprint density at radius 2 is 1.81 bits per heavy atom. The van der Waals surface area contributed by atoms with Gasteiger partial charge in [-0.25, -0.2) is 0 Å². The van der Waals surface area contributed by atoms with E-state index >= 15 is 0 Å². The molecule has 0 aliphatic heterocycles. The van der Waals surface area contributed by atoms with Crippen molar-refractivity contribution in [2.75, 3.05) is 5.32 Å². The number of nitrogens with one attached hydrogen (secondary N) is 1. The smallest absolute Gasteiger partial charge is 0.308 e. The number of hydrogen-bond donors (Lipinski definition) is 1. The van der Waals surface area contributed by atoms with E-state index in [0.29, 0.717) is 5.69 Å². The standard InChI is InChI=1S/C15H11BrClNO3/c1-9(19)21-14-12(3-2-4-13(14)17)15(20)18-11-7-5-10(16)6-8-11/h2-8H,1H3,(H,18,20). The first-order valence-electron chi connectivity index (χ1n) is 6.01. The summed E-state index contributed by atoms with van der Waals surface area (Å²) in [5.74, 6) is -0.891. The van der Waals surface area contributed by atoms with E-state index in [9.17, 15) is 9.59 Å². The second-order valence-corrected chi connectivity index (χ2v) is 5.49. The molecule has 0 spiro atoms. The Morgan fingerprint density at radius 3 is 2.43 bits per heavy atom. The van der Waals surface area contributed by atoms with Gasteiger partial charge >= 0.3 is 5.97 Å². The van der Waals surface area contributed by atoms with Gasteiger partial charge in [0.05, 0.1) is 10.6 Å². The maximum atomic E-state index is 12.3. The van der Waals surface area contributed by atoms with Crippen molar-refractivity contribution in [3.63, 3.8) is 0 Å². The molecule has 0 aromatic heterocycles. The normalized spacial score (nSPS) is 10.0. The fraction of sp³-hybridized carbons (Fsp3) is 0.0667. The number of amides is 1. The summed E-state index contributed by atoms with van der Waals surface area (Å²) in [6, 6.07) is 11.8. The van der Waals surface area contributed by atoms with E-state index < -0.39 is 11.9 Å². The summed E-state index contributed by atoms with van der Waals surface area (Å²) in [7, 11) is 0. The third kappa shape index (κ3) is 4.06. The SMILES string of the molecule is CC(=O)Oc1c(Cl)cccc1C(=O)Nc1ccc(Br)cc1. The van der Waals surface area contributed by atoms with Gasteiger partial charge in [-0.2, -0.15) is 0 Å². The highest BCUT2D eigenvalue weighted by Gasteiger charge is 2.17. The molecule has 0 aliphatic carbocycles. The largest absolute Gasteiger partial charge is 0.424 e. The highest BCUT2D eigenvalue weighted by molar-refractivity contribution is 9.10. The molecule has 108 valence electrons. The number of carbonyl (C=O) groups is 2. The molecule has 0 bridgehead atoms. The van der Waals surface area contributed by atoms with Crippen LogP contribution in [0.1, 0.15) is 17.3 Å². The number of para-hydroxylation sites is 1. The fourth-order valence-electron chi connectivity index (χ4n) is 1.67. The molecule has 0 radical (unpaired) electrons. The zero-order chi connectivity index (χ0) is 15.4. The van der Waals surface area contributed by atoms with Crippen LogP contribution in [0.15, 0.2) is 46.9 Å². The molecule has 2 aromatic rings. The number of ether oxygens (including phenoxy) is 1. The van der Waals surface area contributed by atoms with E-state index in [4.69, 9.17) is 16.3 Å². The Labute approximate surface area is 135 Å². The van der Waals surface area contributed by atoms with Crippen LogP contribution in [0.3, 0.4) is 0 Å². The predicted octanol–water partition coefficient (Wildman–Crippen LogP) is 4.28. The number of esters is 1. The molecule has 0 unspecified atom stereocenters. The minimum Gasteiger partial charge on any atom is -0.424 e. The topological polar surface area (TPSA) is 55.4 Å². The highest BCUT2D eigenvalue weighted by atomic mass is 79.9. The van der Waals surface area contributed by atoms with Crippen LogP contribution in [-0.4, -0.2) is 11.9 Å². The second-order valence-electron chi connectivity index (χ2n) is 4.17. The van der Waals surface area contributed by atoms with Crippen molar-refractivity contribution in [3.05, 3.63) is 57.5 Å². The maximum absolute atomic E-state index is 12.3. The molecule has 0 heterocycles. The third-order valence-electron chi connectivity index (χ3n) is 2.56. The van der Waals surface area contributed by atoms with Crippen LogP contribution >= 0.6 is 27.5 Å². The lowest BCUT2D eigenvalue weighted by atomic mass is 10.2. The molecule has 2 rings (SSSR count). The van der Waals surface area contributed by atoms with Crippen molar-refractivity contribution in [3.8, 4) is 5.75 Å². The van der Waals surface area contributed by atoms with Crippen molar-refractivity contribution in [2.45, 2.75) is 6.92 Å². The second kappa shape index (κ2) is 6.74. The summed E-state index contributed by atoms with van der Waals surface area (Å²) in [5, 5.41) is 2.92. The summed E-state index contributed by atoms with van der Waals surface area (Å²) in [6.45, 7) is 1.25. The van der Waals surface area contributed by atoms with Crippen molar-refractivity contribution < 1.29 is 14.3 Å². The van der Waals surface area contributed by atoms with Gasteiger partial charge in [0, 0.05) is 17.1 Å². The maximum Gasteiger partial charge on any atom is 0.308 e. The number of benzene rings is 2. The molecule has 2 aromatic carbocycles. The Kier molecular flexibility index (Phi) is 4.98. The predicted molar refractivity (Wildman–Crippen MR) is 84.9 cm³/mol. The van der Waals surface area contributed by atoms with Crippen molar-refractivity contribution >= 4 is 45.1 Å². The van der Waals surface area contributed by atoms with Gasteiger partial charge in [0.2, 0.25) is 0 Å². The van der Waals surface area contributed by atoms with Crippen LogP contribution in [-0.2, 0) is 4.79 Å². The Balaban J connectivity index is 2.28. The zero-order valence-corrected chi connectivity index (χ0v) is 13.4. The first-order chi connectivity index (χ1) is 9.97. The van der Waals surface area contributed by atoms with Gasteiger partial charge < -0.3 is 10.1 Å². The van der Waals surface area contributed by atoms with Gasteiger partial charge in [-0.1, -0.05) is 33.6 Å². The summed E-state index contributed by atoms with van der Waals surface area (Å²) in [4.78, 5) is 23.4. The quantitative estimate of drug-likeness (QED) is 0.650. The van der Waals surface area contributed by atoms with E-state index in [-0.39, 0.29) is 16.3 Å². The molecule has 0 saturated heterocycles. The average molecular weight is 369 g/mol. The van der Waals surface area contributed by atoms with Crippen LogP contribution in [0.4, 0.5) is 5.69 Å². The third-order valence-corrected chi connectivity index (χ3v) is 3.39. The molecule has 0 fully saturated rings. The Morgan fingerprint density at radius 1 is 1.14 bits per heavy atom. The van der Waals surface area contributed by atoms with Crippen LogP contribution in [0.5, 0.6) is 5.75 Å². The molecule has 1 N–H and O–H groups in total. The lowest BCUT2D eigenvalue weighted by Crippen LogP contribution is -2.15. The summed E-state index contributed by atoms with van der Waals surface area (Å²) in [6.07, 6.45) is 0. The number of hydrogen-bond acceptors (Lipinski definition) is 3. The van der Waals surface area contributed by atoms with Crippen LogP contribution in [0.25, 0.3) is 0 Å². The zero-order valence-electron chi connectivity index (χ0n) is 11.0. The minimum atomic E-state index is -0.541. The molecule has 0 aliphatic rings. The number of rotatable bonds is 3. The minimum absolute atomic E-state index is 0.0567. The molecule has 6 heteroatoms. The average Bonchev–Trinajstić information content (AvgIpc) is 2.43. The Hall–Kier alpha value is -1.85. The lowest BCUT2D eigenvalue weighted by Gasteiger charge is -2.11. The Bertz CT molecular complexity index is 686. The van der Waals surface area contributed by atoms with Gasteiger partial charge in [0.25, 0.3) is 5.91 Å². The highest BCUT2D eigenvalue weighted by Crippen LogP contribution is 2.29. The molecule has 0 atom stereocenters. The van der Waals surface area contributed by atoms with Gasteiger partial charge in [-0.15, -0.1) is 0 Å². The molecule has 4 nitrogen and oxygen atoms in total. The van der Waals surface area contributed by atoms with Gasteiger partial charge in [-0.05, 0) is 36.4 Å². The van der Waals surface area contributed by atoms with Crippen molar-refractivity contribution in [2.24, 2.45) is 0 Å². The molecule has 21 heavy (non-hydrogen) atoms. The lowest BCUT2D eigenvalue weighted by molar-refractivity contribution is -0.131. The van der Waals surface area contributed by atoms with Crippen LogP contribution in [0.2, 0.25) is 5.02 Å². The number of halogens is 2. The molecule has 0 saturated carbocycles. The van der Waals surface area contributed by atoms with Crippen LogP contribution in [0, 0.1) is 0 Å². The summed E-state index contributed by atoms with van der Waals surface area (Å²) >= 11 is 9.30. The first-order valence-corrected chi connectivity index (χ1v) is 7.18. The fourth-order valence-corrected chi connectivity index (χ4v) is 2.14. The monoisotopic (exact) mass is 367 g/mol. The van der Waals surface area contributed by atoms with E-state index in [1.165, 1.54) is 6.92 Å². The van der Waals surface area contributed by atoms with E-state index in [1.807, 2.05) is 0 Å². The van der Waals surface area contributed by atoms with Crippen LogP contribution < -0.4 is 10.1 Å². The van der Waals surface area contributed by atoms with Crippen molar-refractivity contribution in [1.82, 2.24) is 0 Å². The van der Waals surface area contributed by atoms with Gasteiger partial charge in [0.15, 0.2) is 5.75 Å². The summed E-state index contributed by atoms with van der Waals surface area (Å²) < 4.78 is 5.92.